The minimum Gasteiger partial charge on any atom is -0.191 e. The van der Waals surface area contributed by atoms with Gasteiger partial charge in [-0.25, -0.2) is 0 Å². The van der Waals surface area contributed by atoms with Gasteiger partial charge in [-0.1, -0.05) is 81.7 Å². The Balaban J connectivity index is 1.83. The fourth-order valence-electron chi connectivity index (χ4n) is 2.28. The van der Waals surface area contributed by atoms with Gasteiger partial charge in [0.1, 0.15) is 0 Å². The molecule has 3 aromatic rings. The number of halogens is 2. The van der Waals surface area contributed by atoms with Crippen molar-refractivity contribution in [1.82, 2.24) is 14.9 Å². The van der Waals surface area contributed by atoms with Crippen molar-refractivity contribution in [1.29, 1.82) is 0 Å². The van der Waals surface area contributed by atoms with Gasteiger partial charge in [-0.05, 0) is 35.4 Å². The molecule has 0 bridgehead atoms. The molecule has 0 N–H and O–H groups in total. The zero-order chi connectivity index (χ0) is 18.5. The predicted molar refractivity (Wildman–Crippen MR) is 115 cm³/mol. The third-order valence-corrected chi connectivity index (χ3v) is 5.62. The zero-order valence-corrected chi connectivity index (χ0v) is 18.4. The van der Waals surface area contributed by atoms with E-state index in [1.807, 2.05) is 47.3 Å². The van der Waals surface area contributed by atoms with Gasteiger partial charge in [-0.3, -0.25) is 0 Å². The van der Waals surface area contributed by atoms with Crippen LogP contribution >= 0.6 is 43.6 Å². The van der Waals surface area contributed by atoms with Crippen LogP contribution in [0.2, 0.25) is 0 Å². The monoisotopic (exact) mass is 492 g/mol. The van der Waals surface area contributed by atoms with Crippen LogP contribution in [0.3, 0.4) is 0 Å². The highest BCUT2D eigenvalue weighted by Gasteiger charge is 2.15. The van der Waals surface area contributed by atoms with E-state index in [9.17, 15) is 0 Å². The van der Waals surface area contributed by atoms with Crippen LogP contribution in [0.4, 0.5) is 0 Å². The molecule has 7 heteroatoms. The van der Waals surface area contributed by atoms with Crippen molar-refractivity contribution in [3.05, 3.63) is 74.4 Å². The smallest absolute Gasteiger partial charge is 0.191 e. The molecule has 0 aliphatic heterocycles. The first-order chi connectivity index (χ1) is 12.5. The molecule has 0 radical (unpaired) electrons. The third kappa shape index (κ3) is 5.05. The summed E-state index contributed by atoms with van der Waals surface area (Å²) in [5.41, 5.74) is 2.25. The van der Waals surface area contributed by atoms with Gasteiger partial charge in [0.25, 0.3) is 0 Å². The van der Waals surface area contributed by atoms with Crippen molar-refractivity contribution in [2.75, 3.05) is 0 Å². The highest BCUT2D eigenvalue weighted by molar-refractivity contribution is 9.10. The molecule has 0 aliphatic carbocycles. The van der Waals surface area contributed by atoms with E-state index in [0.717, 1.165) is 31.2 Å². The summed E-state index contributed by atoms with van der Waals surface area (Å²) >= 11 is 8.59. The predicted octanol–water partition coefficient (Wildman–Crippen LogP) is 6.10. The lowest BCUT2D eigenvalue weighted by Gasteiger charge is -2.06. The first-order valence-corrected chi connectivity index (χ1v) is 10.7. The Bertz CT molecular complexity index is 904. The first-order valence-electron chi connectivity index (χ1n) is 8.15. The Morgan fingerprint density at radius 2 is 1.85 bits per heavy atom. The maximum atomic E-state index is 4.64. The molecule has 0 saturated carbocycles. The van der Waals surface area contributed by atoms with Crippen LogP contribution < -0.4 is 0 Å². The fourth-order valence-corrected chi connectivity index (χ4v) is 3.81. The summed E-state index contributed by atoms with van der Waals surface area (Å²) in [5, 5.41) is 14.1. The number of nitrogens with zero attached hydrogens (tertiary/aromatic N) is 4. The molecule has 0 spiro atoms. The van der Waals surface area contributed by atoms with E-state index in [0.29, 0.717) is 0 Å². The highest BCUT2D eigenvalue weighted by Crippen LogP contribution is 2.25. The largest absolute Gasteiger partial charge is 0.212 e. The second kappa shape index (κ2) is 8.97. The highest BCUT2D eigenvalue weighted by atomic mass is 79.9. The molecular formula is C19H18Br2N4S. The quantitative estimate of drug-likeness (QED) is 0.307. The maximum absolute atomic E-state index is 4.64. The van der Waals surface area contributed by atoms with E-state index in [4.69, 9.17) is 0 Å². The van der Waals surface area contributed by atoms with E-state index in [1.54, 1.807) is 11.8 Å². The molecule has 2 aromatic carbocycles. The van der Waals surface area contributed by atoms with Gasteiger partial charge in [0.05, 0.1) is 6.21 Å². The van der Waals surface area contributed by atoms with Gasteiger partial charge in [-0.2, -0.15) is 9.78 Å². The fraction of sp³-hybridized carbons (Fsp3) is 0.211. The molecule has 0 aliphatic rings. The number of benzene rings is 2. The molecular weight excluding hydrogens is 476 g/mol. The average Bonchev–Trinajstić information content (AvgIpc) is 3.03. The van der Waals surface area contributed by atoms with E-state index in [2.05, 4.69) is 73.1 Å². The van der Waals surface area contributed by atoms with Crippen LogP contribution in [-0.4, -0.2) is 21.1 Å². The molecule has 4 nitrogen and oxygen atoms in total. The molecule has 134 valence electrons. The summed E-state index contributed by atoms with van der Waals surface area (Å²) in [6, 6.07) is 16.3. The molecule has 0 amide bonds. The Hall–Kier alpha value is -1.44. The second-order valence-corrected chi connectivity index (χ2v) is 8.80. The van der Waals surface area contributed by atoms with Crippen LogP contribution in [0.5, 0.6) is 0 Å². The summed E-state index contributed by atoms with van der Waals surface area (Å²) in [6.45, 7) is 4.19. The van der Waals surface area contributed by atoms with E-state index >= 15 is 0 Å². The summed E-state index contributed by atoms with van der Waals surface area (Å²) in [7, 11) is 0. The van der Waals surface area contributed by atoms with Crippen molar-refractivity contribution >= 4 is 49.8 Å². The molecule has 26 heavy (non-hydrogen) atoms. The molecule has 0 saturated heterocycles. The maximum Gasteiger partial charge on any atom is 0.212 e. The SMILES string of the molecule is CC(C)c1nnc(SCc2ccc(Br)cc2)n1/N=C\c1cccc(Br)c1. The zero-order valence-electron chi connectivity index (χ0n) is 14.4. The molecule has 1 aromatic heterocycles. The topological polar surface area (TPSA) is 43.1 Å². The van der Waals surface area contributed by atoms with Gasteiger partial charge in [-0.15, -0.1) is 10.2 Å². The lowest BCUT2D eigenvalue weighted by molar-refractivity contribution is 0.667. The minimum atomic E-state index is 0.240. The Kier molecular flexibility index (Phi) is 6.67. The van der Waals surface area contributed by atoms with Crippen molar-refractivity contribution in [2.24, 2.45) is 5.10 Å². The van der Waals surface area contributed by atoms with E-state index in [-0.39, 0.29) is 5.92 Å². The molecule has 1 heterocycles. The van der Waals surface area contributed by atoms with E-state index < -0.39 is 0 Å². The van der Waals surface area contributed by atoms with Gasteiger partial charge in [0.2, 0.25) is 5.16 Å². The van der Waals surface area contributed by atoms with Crippen molar-refractivity contribution in [2.45, 2.75) is 30.7 Å². The van der Waals surface area contributed by atoms with Crippen molar-refractivity contribution in [3.63, 3.8) is 0 Å². The van der Waals surface area contributed by atoms with Gasteiger partial charge in [0.15, 0.2) is 5.82 Å². The number of thioether (sulfide) groups is 1. The van der Waals surface area contributed by atoms with Crippen LogP contribution in [0.25, 0.3) is 0 Å². The summed E-state index contributed by atoms with van der Waals surface area (Å²) in [5.74, 6) is 1.91. The molecule has 0 unspecified atom stereocenters. The standard InChI is InChI=1S/C19H18Br2N4S/c1-13(2)18-23-24-19(26-12-14-6-8-16(20)9-7-14)25(18)22-11-15-4-3-5-17(21)10-15/h3-11,13H,12H2,1-2H3/b22-11-. The molecule has 0 fully saturated rings. The average molecular weight is 494 g/mol. The number of hydrogen-bond donors (Lipinski definition) is 0. The number of hydrogen-bond acceptors (Lipinski definition) is 4. The minimum absolute atomic E-state index is 0.240. The number of rotatable bonds is 6. The molecule has 0 atom stereocenters. The van der Waals surface area contributed by atoms with Gasteiger partial charge in [0, 0.05) is 20.6 Å². The van der Waals surface area contributed by atoms with Gasteiger partial charge < -0.3 is 0 Å². The Morgan fingerprint density at radius 1 is 1.08 bits per heavy atom. The van der Waals surface area contributed by atoms with E-state index in [1.165, 1.54) is 5.56 Å². The number of aromatic nitrogens is 3. The molecule has 3 rings (SSSR count). The first kappa shape index (κ1) is 19.3. The van der Waals surface area contributed by atoms with Crippen LogP contribution in [0.15, 0.2) is 67.7 Å². The summed E-state index contributed by atoms with van der Waals surface area (Å²) in [6.07, 6.45) is 1.84. The second-order valence-electron chi connectivity index (χ2n) is 6.02. The normalized spacial score (nSPS) is 11.6. The summed E-state index contributed by atoms with van der Waals surface area (Å²) in [4.78, 5) is 0. The lowest BCUT2D eigenvalue weighted by Crippen LogP contribution is -2.02. The summed E-state index contributed by atoms with van der Waals surface area (Å²) < 4.78 is 3.95. The van der Waals surface area contributed by atoms with Crippen molar-refractivity contribution < 1.29 is 0 Å². The Morgan fingerprint density at radius 3 is 2.54 bits per heavy atom. The van der Waals surface area contributed by atoms with Gasteiger partial charge >= 0.3 is 0 Å². The Labute approximate surface area is 174 Å². The van der Waals surface area contributed by atoms with Crippen LogP contribution in [-0.2, 0) is 5.75 Å². The van der Waals surface area contributed by atoms with Crippen LogP contribution in [0.1, 0.15) is 36.7 Å². The lowest BCUT2D eigenvalue weighted by atomic mass is 10.2. The van der Waals surface area contributed by atoms with Crippen LogP contribution in [0, 0.1) is 0 Å². The third-order valence-electron chi connectivity index (χ3n) is 3.60. The van der Waals surface area contributed by atoms with Crippen molar-refractivity contribution in [3.8, 4) is 0 Å².